The Morgan fingerprint density at radius 3 is 2.81 bits per heavy atom. The number of nitrogens with zero attached hydrogens (tertiary/aromatic N) is 3. The molecule has 3 aromatic heterocycles. The highest BCUT2D eigenvalue weighted by atomic mass is 16.5. The molecule has 0 fully saturated rings. The zero-order valence-electron chi connectivity index (χ0n) is 18.8. The third-order valence-corrected chi connectivity index (χ3v) is 5.50. The molecule has 0 radical (unpaired) electrons. The maximum atomic E-state index is 11.9. The van der Waals surface area contributed by atoms with E-state index in [0.717, 1.165) is 56.8 Å². The zero-order chi connectivity index (χ0) is 22.8. The summed E-state index contributed by atoms with van der Waals surface area (Å²) in [5.74, 6) is 0.472. The number of benzene rings is 1. The largest absolute Gasteiger partial charge is 0.489 e. The van der Waals surface area contributed by atoms with Crippen LogP contribution in [-0.4, -0.2) is 31.8 Å². The first-order valence-corrected chi connectivity index (χ1v) is 10.6. The van der Waals surface area contributed by atoms with Crippen molar-refractivity contribution in [1.82, 2.24) is 19.7 Å². The summed E-state index contributed by atoms with van der Waals surface area (Å²) in [6.07, 6.45) is 7.78. The third kappa shape index (κ3) is 4.14. The van der Waals surface area contributed by atoms with E-state index in [1.807, 2.05) is 57.6 Å². The van der Waals surface area contributed by atoms with E-state index < -0.39 is 0 Å². The second-order valence-electron chi connectivity index (χ2n) is 7.90. The van der Waals surface area contributed by atoms with Crippen LogP contribution in [0.2, 0.25) is 0 Å². The molecular weight excluding hydrogens is 402 g/mol. The van der Waals surface area contributed by atoms with Gasteiger partial charge in [0.1, 0.15) is 11.4 Å². The first-order valence-electron chi connectivity index (χ1n) is 10.6. The van der Waals surface area contributed by atoms with Crippen molar-refractivity contribution in [2.24, 2.45) is 7.05 Å². The molecule has 0 saturated carbocycles. The second kappa shape index (κ2) is 8.70. The lowest BCUT2D eigenvalue weighted by Crippen LogP contribution is -2.09. The van der Waals surface area contributed by atoms with Crippen molar-refractivity contribution in [3.8, 4) is 28.1 Å². The Morgan fingerprint density at radius 1 is 1.31 bits per heavy atom. The van der Waals surface area contributed by atoms with Gasteiger partial charge < -0.3 is 15.0 Å². The predicted molar refractivity (Wildman–Crippen MR) is 128 cm³/mol. The Hall–Kier alpha value is -3.87. The fraction of sp³-hybridized carbons (Fsp3) is 0.240. The van der Waals surface area contributed by atoms with Crippen LogP contribution in [0, 0.1) is 6.92 Å². The van der Waals surface area contributed by atoms with Gasteiger partial charge in [-0.3, -0.25) is 9.48 Å². The standard InChI is InChI=1S/C25H27N5O2/c1-6-16(4)32-19-11-20-23(17-9-8-15(3)21(10-17)28-22(31)7-2)24(29-25(20)26-13-19)18-12-27-30(5)14-18/h7-14,16H,2,6H2,1,3-5H3,(H,26,29)(H,28,31)/t16-/m0/s1. The highest BCUT2D eigenvalue weighted by Crippen LogP contribution is 2.40. The third-order valence-electron chi connectivity index (χ3n) is 5.50. The fourth-order valence-electron chi connectivity index (χ4n) is 3.59. The molecule has 0 spiro atoms. The van der Waals surface area contributed by atoms with Gasteiger partial charge in [-0.25, -0.2) is 4.98 Å². The van der Waals surface area contributed by atoms with Crippen molar-refractivity contribution in [3.63, 3.8) is 0 Å². The van der Waals surface area contributed by atoms with Gasteiger partial charge >= 0.3 is 0 Å². The van der Waals surface area contributed by atoms with Crippen molar-refractivity contribution >= 4 is 22.6 Å². The molecule has 4 rings (SSSR count). The van der Waals surface area contributed by atoms with Crippen LogP contribution in [0.1, 0.15) is 25.8 Å². The molecule has 1 aromatic carbocycles. The number of rotatable bonds is 7. The SMILES string of the molecule is C=CC(=O)Nc1cc(-c2c(-c3cnn(C)c3)[nH]c3ncc(O[C@@H](C)CC)cc23)ccc1C. The number of carbonyl (C=O) groups excluding carboxylic acids is 1. The number of aryl methyl sites for hydroxylation is 2. The van der Waals surface area contributed by atoms with Gasteiger partial charge in [0.2, 0.25) is 5.91 Å². The minimum absolute atomic E-state index is 0.0922. The Bertz CT molecular complexity index is 1300. The molecule has 4 aromatic rings. The van der Waals surface area contributed by atoms with Gasteiger partial charge in [0.25, 0.3) is 0 Å². The average molecular weight is 430 g/mol. The first kappa shape index (κ1) is 21.4. The summed E-state index contributed by atoms with van der Waals surface area (Å²) in [4.78, 5) is 20.0. The molecule has 0 bridgehead atoms. The molecule has 7 heteroatoms. The number of aromatic amines is 1. The predicted octanol–water partition coefficient (Wildman–Crippen LogP) is 5.24. The Morgan fingerprint density at radius 2 is 2.12 bits per heavy atom. The highest BCUT2D eigenvalue weighted by Gasteiger charge is 2.19. The fourth-order valence-corrected chi connectivity index (χ4v) is 3.59. The summed E-state index contributed by atoms with van der Waals surface area (Å²) in [7, 11) is 1.89. The first-order chi connectivity index (χ1) is 15.4. The van der Waals surface area contributed by atoms with Crippen molar-refractivity contribution in [3.05, 3.63) is 61.1 Å². The molecule has 0 aliphatic heterocycles. The van der Waals surface area contributed by atoms with E-state index in [9.17, 15) is 4.79 Å². The number of ether oxygens (including phenoxy) is 1. The van der Waals surface area contributed by atoms with Crippen LogP contribution >= 0.6 is 0 Å². The van der Waals surface area contributed by atoms with Crippen molar-refractivity contribution in [2.75, 3.05) is 5.32 Å². The van der Waals surface area contributed by atoms with Gasteiger partial charge in [-0.1, -0.05) is 25.6 Å². The Kier molecular flexibility index (Phi) is 5.81. The van der Waals surface area contributed by atoms with Crippen LogP contribution in [0.3, 0.4) is 0 Å². The van der Waals surface area contributed by atoms with E-state index in [-0.39, 0.29) is 12.0 Å². The van der Waals surface area contributed by atoms with Crippen LogP contribution in [0.15, 0.2) is 55.5 Å². The van der Waals surface area contributed by atoms with E-state index in [2.05, 4.69) is 33.9 Å². The van der Waals surface area contributed by atoms with E-state index in [1.54, 1.807) is 10.9 Å². The number of aromatic nitrogens is 4. The van der Waals surface area contributed by atoms with Crippen LogP contribution in [0.4, 0.5) is 5.69 Å². The molecular formula is C25H27N5O2. The van der Waals surface area contributed by atoms with Gasteiger partial charge in [0.05, 0.1) is 24.2 Å². The number of amides is 1. The number of H-pyrrole nitrogens is 1. The average Bonchev–Trinajstić information content (AvgIpc) is 3.38. The molecule has 2 N–H and O–H groups in total. The quantitative estimate of drug-likeness (QED) is 0.394. The molecule has 7 nitrogen and oxygen atoms in total. The maximum Gasteiger partial charge on any atom is 0.247 e. The van der Waals surface area contributed by atoms with Gasteiger partial charge in [0, 0.05) is 35.4 Å². The summed E-state index contributed by atoms with van der Waals surface area (Å²) in [6, 6.07) is 8.03. The highest BCUT2D eigenvalue weighted by molar-refractivity contribution is 6.04. The van der Waals surface area contributed by atoms with E-state index in [4.69, 9.17) is 4.74 Å². The Balaban J connectivity index is 1.92. The smallest absolute Gasteiger partial charge is 0.247 e. The number of carbonyl (C=O) groups is 1. The molecule has 0 saturated heterocycles. The lowest BCUT2D eigenvalue weighted by Gasteiger charge is -2.13. The number of pyridine rings is 1. The van der Waals surface area contributed by atoms with Gasteiger partial charge in [0.15, 0.2) is 0 Å². The van der Waals surface area contributed by atoms with E-state index in [1.165, 1.54) is 6.08 Å². The zero-order valence-corrected chi connectivity index (χ0v) is 18.8. The lowest BCUT2D eigenvalue weighted by molar-refractivity contribution is -0.111. The summed E-state index contributed by atoms with van der Waals surface area (Å²) < 4.78 is 7.79. The molecule has 0 aliphatic rings. The molecule has 164 valence electrons. The van der Waals surface area contributed by atoms with E-state index in [0.29, 0.717) is 0 Å². The molecule has 0 unspecified atom stereocenters. The molecule has 1 atom stereocenters. The maximum absolute atomic E-state index is 11.9. The van der Waals surface area contributed by atoms with Crippen molar-refractivity contribution in [1.29, 1.82) is 0 Å². The number of nitrogens with one attached hydrogen (secondary N) is 2. The number of hydrogen-bond acceptors (Lipinski definition) is 4. The minimum atomic E-state index is -0.248. The van der Waals surface area contributed by atoms with Crippen molar-refractivity contribution in [2.45, 2.75) is 33.3 Å². The molecule has 3 heterocycles. The summed E-state index contributed by atoms with van der Waals surface area (Å²) in [5, 5.41) is 8.17. The van der Waals surface area contributed by atoms with Gasteiger partial charge in [-0.2, -0.15) is 5.10 Å². The Labute approximate surface area is 187 Å². The number of fused-ring (bicyclic) bond motifs is 1. The summed E-state index contributed by atoms with van der Waals surface area (Å²) in [5.41, 5.74) is 6.23. The van der Waals surface area contributed by atoms with Crippen LogP contribution in [-0.2, 0) is 11.8 Å². The summed E-state index contributed by atoms with van der Waals surface area (Å²) >= 11 is 0. The molecule has 1 amide bonds. The topological polar surface area (TPSA) is 84.8 Å². The normalized spacial score (nSPS) is 12.0. The number of hydrogen-bond donors (Lipinski definition) is 2. The van der Waals surface area contributed by atoms with Crippen molar-refractivity contribution < 1.29 is 9.53 Å². The van der Waals surface area contributed by atoms with Gasteiger partial charge in [-0.15, -0.1) is 0 Å². The summed E-state index contributed by atoms with van der Waals surface area (Å²) in [6.45, 7) is 9.63. The van der Waals surface area contributed by atoms with Crippen LogP contribution in [0.5, 0.6) is 5.75 Å². The van der Waals surface area contributed by atoms with Crippen LogP contribution in [0.25, 0.3) is 33.4 Å². The second-order valence-corrected chi connectivity index (χ2v) is 7.90. The molecule has 0 aliphatic carbocycles. The minimum Gasteiger partial charge on any atom is -0.489 e. The lowest BCUT2D eigenvalue weighted by atomic mass is 9.98. The van der Waals surface area contributed by atoms with Crippen LogP contribution < -0.4 is 10.1 Å². The van der Waals surface area contributed by atoms with Gasteiger partial charge in [-0.05, 0) is 49.6 Å². The monoisotopic (exact) mass is 429 g/mol. The number of anilines is 1. The molecule has 32 heavy (non-hydrogen) atoms. The van der Waals surface area contributed by atoms with E-state index >= 15 is 0 Å².